The standard InChI is InChI=1S/C21H30N4O3/c1-6-22-20(23-11-16-10-17(14(2)3)25-28-16)24-12-21(4,5)15-7-8-18-19(9-15)27-13-26-18/h7-10,14H,6,11-13H2,1-5H3,(H2,22,23,24). The third kappa shape index (κ3) is 4.77. The van der Waals surface area contributed by atoms with Crippen LogP contribution < -0.4 is 20.1 Å². The third-order valence-corrected chi connectivity index (χ3v) is 4.76. The highest BCUT2D eigenvalue weighted by Crippen LogP contribution is 2.36. The largest absolute Gasteiger partial charge is 0.454 e. The van der Waals surface area contributed by atoms with Crippen LogP contribution in [0.1, 0.15) is 57.6 Å². The number of benzene rings is 1. The fourth-order valence-corrected chi connectivity index (χ4v) is 2.90. The van der Waals surface area contributed by atoms with Gasteiger partial charge in [0.15, 0.2) is 23.2 Å². The first-order valence-corrected chi connectivity index (χ1v) is 9.77. The molecule has 1 aromatic heterocycles. The Hall–Kier alpha value is -2.70. The van der Waals surface area contributed by atoms with Crippen LogP contribution in [-0.2, 0) is 12.0 Å². The molecule has 1 aliphatic heterocycles. The minimum absolute atomic E-state index is 0.117. The molecule has 152 valence electrons. The first-order valence-electron chi connectivity index (χ1n) is 9.77. The molecule has 0 amide bonds. The second-order valence-electron chi connectivity index (χ2n) is 7.87. The maximum Gasteiger partial charge on any atom is 0.231 e. The van der Waals surface area contributed by atoms with E-state index in [1.54, 1.807) is 0 Å². The highest BCUT2D eigenvalue weighted by molar-refractivity contribution is 5.79. The molecule has 0 unspecified atom stereocenters. The molecule has 0 radical (unpaired) electrons. The van der Waals surface area contributed by atoms with Crippen molar-refractivity contribution in [3.8, 4) is 11.5 Å². The minimum Gasteiger partial charge on any atom is -0.454 e. The Bertz CT molecular complexity index is 827. The molecule has 0 saturated carbocycles. The van der Waals surface area contributed by atoms with Crippen molar-refractivity contribution in [2.45, 2.75) is 52.5 Å². The quantitative estimate of drug-likeness (QED) is 0.559. The molecular weight excluding hydrogens is 356 g/mol. The van der Waals surface area contributed by atoms with Crippen molar-refractivity contribution in [2.24, 2.45) is 4.99 Å². The van der Waals surface area contributed by atoms with Crippen molar-refractivity contribution in [3.05, 3.63) is 41.3 Å². The van der Waals surface area contributed by atoms with Gasteiger partial charge in [-0.05, 0) is 30.5 Å². The molecule has 2 heterocycles. The first-order chi connectivity index (χ1) is 13.4. The van der Waals surface area contributed by atoms with E-state index < -0.39 is 0 Å². The van der Waals surface area contributed by atoms with Gasteiger partial charge in [0.2, 0.25) is 6.79 Å². The van der Waals surface area contributed by atoms with Crippen LogP contribution in [0.3, 0.4) is 0 Å². The molecule has 0 saturated heterocycles. The van der Waals surface area contributed by atoms with Crippen LogP contribution >= 0.6 is 0 Å². The van der Waals surface area contributed by atoms with E-state index >= 15 is 0 Å². The molecule has 0 atom stereocenters. The maximum absolute atomic E-state index is 5.51. The molecule has 7 nitrogen and oxygen atoms in total. The average Bonchev–Trinajstić information content (AvgIpc) is 3.32. The number of fused-ring (bicyclic) bond motifs is 1. The van der Waals surface area contributed by atoms with Crippen LogP contribution in [0.5, 0.6) is 11.5 Å². The Morgan fingerprint density at radius 3 is 2.68 bits per heavy atom. The van der Waals surface area contributed by atoms with Gasteiger partial charge >= 0.3 is 0 Å². The van der Waals surface area contributed by atoms with Gasteiger partial charge in [0.25, 0.3) is 0 Å². The summed E-state index contributed by atoms with van der Waals surface area (Å²) in [6.45, 7) is 12.8. The lowest BCUT2D eigenvalue weighted by Gasteiger charge is -2.27. The van der Waals surface area contributed by atoms with Crippen LogP contribution in [0.4, 0.5) is 0 Å². The zero-order valence-electron chi connectivity index (χ0n) is 17.3. The molecule has 2 N–H and O–H groups in total. The Balaban J connectivity index is 1.64. The average molecular weight is 386 g/mol. The number of nitrogens with one attached hydrogen (secondary N) is 2. The van der Waals surface area contributed by atoms with E-state index in [0.29, 0.717) is 19.0 Å². The number of rotatable bonds is 7. The fourth-order valence-electron chi connectivity index (χ4n) is 2.90. The summed E-state index contributed by atoms with van der Waals surface area (Å²) in [5.74, 6) is 3.46. The van der Waals surface area contributed by atoms with Gasteiger partial charge in [0.1, 0.15) is 6.54 Å². The minimum atomic E-state index is -0.117. The lowest BCUT2D eigenvalue weighted by atomic mass is 9.84. The molecule has 0 aliphatic carbocycles. The van der Waals surface area contributed by atoms with E-state index in [1.807, 2.05) is 19.1 Å². The van der Waals surface area contributed by atoms with Gasteiger partial charge in [-0.2, -0.15) is 0 Å². The number of hydrogen-bond donors (Lipinski definition) is 2. The molecule has 3 rings (SSSR count). The van der Waals surface area contributed by atoms with Gasteiger partial charge in [-0.1, -0.05) is 38.9 Å². The van der Waals surface area contributed by atoms with E-state index in [1.165, 1.54) is 5.56 Å². The normalized spacial score (nSPS) is 13.9. The summed E-state index contributed by atoms with van der Waals surface area (Å²) in [6.07, 6.45) is 0. The number of ether oxygens (including phenoxy) is 2. The SMILES string of the molecule is CCNC(=NCc1cc(C(C)C)no1)NCC(C)(C)c1ccc2c(c1)OCO2. The van der Waals surface area contributed by atoms with Crippen molar-refractivity contribution in [3.63, 3.8) is 0 Å². The van der Waals surface area contributed by atoms with Crippen molar-refractivity contribution in [2.75, 3.05) is 19.9 Å². The molecule has 0 bridgehead atoms. The number of nitrogens with zero attached hydrogens (tertiary/aromatic N) is 2. The molecule has 7 heteroatoms. The van der Waals surface area contributed by atoms with Gasteiger partial charge in [-0.25, -0.2) is 4.99 Å². The Morgan fingerprint density at radius 2 is 1.96 bits per heavy atom. The summed E-state index contributed by atoms with van der Waals surface area (Å²) in [5, 5.41) is 10.8. The van der Waals surface area contributed by atoms with Gasteiger partial charge < -0.3 is 24.6 Å². The Morgan fingerprint density at radius 1 is 1.18 bits per heavy atom. The zero-order chi connectivity index (χ0) is 20.1. The van der Waals surface area contributed by atoms with Crippen LogP contribution in [0.15, 0.2) is 33.8 Å². The molecular formula is C21H30N4O3. The van der Waals surface area contributed by atoms with Gasteiger partial charge in [0.05, 0.1) is 5.69 Å². The van der Waals surface area contributed by atoms with Crippen LogP contribution in [-0.4, -0.2) is 31.0 Å². The zero-order valence-corrected chi connectivity index (χ0v) is 17.3. The molecule has 1 aromatic carbocycles. The molecule has 0 fully saturated rings. The third-order valence-electron chi connectivity index (χ3n) is 4.76. The topological polar surface area (TPSA) is 80.9 Å². The highest BCUT2D eigenvalue weighted by atomic mass is 16.7. The van der Waals surface area contributed by atoms with E-state index in [4.69, 9.17) is 14.0 Å². The molecule has 28 heavy (non-hydrogen) atoms. The lowest BCUT2D eigenvalue weighted by molar-refractivity contribution is 0.174. The Kier molecular flexibility index (Phi) is 6.11. The molecule has 2 aromatic rings. The summed E-state index contributed by atoms with van der Waals surface area (Å²) >= 11 is 0. The number of aliphatic imine (C=N–C) groups is 1. The van der Waals surface area contributed by atoms with E-state index in [2.05, 4.69) is 60.6 Å². The fraction of sp³-hybridized carbons (Fsp3) is 0.524. The highest BCUT2D eigenvalue weighted by Gasteiger charge is 2.24. The predicted octanol–water partition coefficient (Wildman–Crippen LogP) is 3.56. The summed E-state index contributed by atoms with van der Waals surface area (Å²) in [6, 6.07) is 8.07. The summed E-state index contributed by atoms with van der Waals surface area (Å²) in [5.41, 5.74) is 2.01. The smallest absolute Gasteiger partial charge is 0.231 e. The van der Waals surface area contributed by atoms with Crippen molar-refractivity contribution in [1.82, 2.24) is 15.8 Å². The van der Waals surface area contributed by atoms with Crippen LogP contribution in [0.2, 0.25) is 0 Å². The Labute approximate surface area is 166 Å². The van der Waals surface area contributed by atoms with E-state index in [-0.39, 0.29) is 12.2 Å². The van der Waals surface area contributed by atoms with E-state index in [9.17, 15) is 0 Å². The molecule has 1 aliphatic rings. The van der Waals surface area contributed by atoms with Crippen molar-refractivity contribution in [1.29, 1.82) is 0 Å². The van der Waals surface area contributed by atoms with Crippen molar-refractivity contribution >= 4 is 5.96 Å². The van der Waals surface area contributed by atoms with E-state index in [0.717, 1.165) is 35.5 Å². The number of aromatic nitrogens is 1. The van der Waals surface area contributed by atoms with Crippen LogP contribution in [0, 0.1) is 0 Å². The van der Waals surface area contributed by atoms with Gasteiger partial charge in [0, 0.05) is 24.6 Å². The monoisotopic (exact) mass is 386 g/mol. The number of hydrogen-bond acceptors (Lipinski definition) is 5. The predicted molar refractivity (Wildman–Crippen MR) is 109 cm³/mol. The number of guanidine groups is 1. The van der Waals surface area contributed by atoms with Crippen LogP contribution in [0.25, 0.3) is 0 Å². The first kappa shape index (κ1) is 20.0. The lowest BCUT2D eigenvalue weighted by Crippen LogP contribution is -2.43. The summed E-state index contributed by atoms with van der Waals surface area (Å²) < 4.78 is 16.3. The van der Waals surface area contributed by atoms with Gasteiger partial charge in [-0.15, -0.1) is 0 Å². The van der Waals surface area contributed by atoms with Gasteiger partial charge in [-0.3, -0.25) is 0 Å². The van der Waals surface area contributed by atoms with Crippen molar-refractivity contribution < 1.29 is 14.0 Å². The summed E-state index contributed by atoms with van der Waals surface area (Å²) in [4.78, 5) is 4.63. The second kappa shape index (κ2) is 8.54. The second-order valence-corrected chi connectivity index (χ2v) is 7.87. The maximum atomic E-state index is 5.51. The summed E-state index contributed by atoms with van der Waals surface area (Å²) in [7, 11) is 0. The molecule has 0 spiro atoms.